The maximum absolute atomic E-state index is 12.6. The number of nitrogen functional groups attached to an aromatic ring is 1. The number of carbonyl (C=O) groups excluding carboxylic acids is 1. The summed E-state index contributed by atoms with van der Waals surface area (Å²) in [5.74, 6) is 0.246. The van der Waals surface area contributed by atoms with Gasteiger partial charge in [0.05, 0.1) is 11.4 Å². The predicted molar refractivity (Wildman–Crippen MR) is 80.0 cm³/mol. The van der Waals surface area contributed by atoms with Gasteiger partial charge in [0, 0.05) is 20.1 Å². The van der Waals surface area contributed by atoms with Gasteiger partial charge in [-0.3, -0.25) is 4.79 Å². The van der Waals surface area contributed by atoms with Gasteiger partial charge in [0.2, 0.25) is 0 Å². The number of amides is 1. The number of fused-ring (bicyclic) bond motifs is 1. The van der Waals surface area contributed by atoms with Crippen molar-refractivity contribution < 1.29 is 4.79 Å². The van der Waals surface area contributed by atoms with Crippen molar-refractivity contribution in [2.75, 3.05) is 35.7 Å². The molecule has 0 saturated heterocycles. The average molecular weight is 268 g/mol. The highest BCUT2D eigenvalue weighted by Gasteiger charge is 2.26. The molecule has 0 unspecified atom stereocenters. The van der Waals surface area contributed by atoms with E-state index in [0.717, 1.165) is 17.9 Å². The molecule has 20 heavy (non-hydrogen) atoms. The average Bonchev–Trinajstić information content (AvgIpc) is 2.47. The summed E-state index contributed by atoms with van der Waals surface area (Å²) >= 11 is 0. The molecular formula is C15H16N4O. The van der Waals surface area contributed by atoms with Crippen LogP contribution in [0.1, 0.15) is 10.5 Å². The number of rotatable bonds is 1. The van der Waals surface area contributed by atoms with Gasteiger partial charge in [-0.2, -0.15) is 0 Å². The van der Waals surface area contributed by atoms with E-state index in [-0.39, 0.29) is 5.91 Å². The van der Waals surface area contributed by atoms with E-state index in [2.05, 4.69) is 9.88 Å². The SMILES string of the molecule is CN1CCN(C(=O)c2cccc(N)n2)c2ccccc21. The molecule has 0 radical (unpaired) electrons. The number of para-hydroxylation sites is 2. The lowest BCUT2D eigenvalue weighted by Crippen LogP contribution is -2.43. The fraction of sp³-hybridized carbons (Fsp3) is 0.200. The van der Waals surface area contributed by atoms with E-state index in [9.17, 15) is 4.79 Å². The zero-order chi connectivity index (χ0) is 14.1. The van der Waals surface area contributed by atoms with Crippen LogP contribution in [-0.2, 0) is 0 Å². The summed E-state index contributed by atoms with van der Waals surface area (Å²) in [5.41, 5.74) is 8.00. The van der Waals surface area contributed by atoms with Gasteiger partial charge in [0.15, 0.2) is 0 Å². The summed E-state index contributed by atoms with van der Waals surface area (Å²) < 4.78 is 0. The predicted octanol–water partition coefficient (Wildman–Crippen LogP) is 1.76. The van der Waals surface area contributed by atoms with Crippen LogP contribution < -0.4 is 15.5 Å². The third-order valence-electron chi connectivity index (χ3n) is 3.48. The van der Waals surface area contributed by atoms with E-state index < -0.39 is 0 Å². The smallest absolute Gasteiger partial charge is 0.277 e. The number of hydrogen-bond donors (Lipinski definition) is 1. The highest BCUT2D eigenvalue weighted by Crippen LogP contribution is 2.32. The van der Waals surface area contributed by atoms with Gasteiger partial charge in [-0.15, -0.1) is 0 Å². The molecule has 0 atom stereocenters. The number of benzene rings is 1. The van der Waals surface area contributed by atoms with E-state index in [1.54, 1.807) is 23.1 Å². The van der Waals surface area contributed by atoms with Gasteiger partial charge >= 0.3 is 0 Å². The molecule has 5 nitrogen and oxygen atoms in total. The summed E-state index contributed by atoms with van der Waals surface area (Å²) in [6, 6.07) is 13.0. The highest BCUT2D eigenvalue weighted by molar-refractivity contribution is 6.07. The molecule has 0 spiro atoms. The monoisotopic (exact) mass is 268 g/mol. The Morgan fingerprint density at radius 1 is 1.10 bits per heavy atom. The van der Waals surface area contributed by atoms with Crippen LogP contribution in [0.15, 0.2) is 42.5 Å². The lowest BCUT2D eigenvalue weighted by molar-refractivity contribution is 0.0982. The number of pyridine rings is 1. The Morgan fingerprint density at radius 2 is 1.85 bits per heavy atom. The lowest BCUT2D eigenvalue weighted by Gasteiger charge is -2.35. The molecule has 1 aromatic carbocycles. The summed E-state index contributed by atoms with van der Waals surface area (Å²) in [7, 11) is 2.03. The fourth-order valence-corrected chi connectivity index (χ4v) is 2.43. The largest absolute Gasteiger partial charge is 0.384 e. The second kappa shape index (κ2) is 4.85. The Labute approximate surface area is 117 Å². The molecule has 0 fully saturated rings. The van der Waals surface area contributed by atoms with Gasteiger partial charge in [-0.25, -0.2) is 4.98 Å². The molecule has 0 aliphatic carbocycles. The van der Waals surface area contributed by atoms with Crippen molar-refractivity contribution in [1.82, 2.24) is 4.98 Å². The van der Waals surface area contributed by atoms with E-state index in [1.165, 1.54) is 0 Å². The number of likely N-dealkylation sites (N-methyl/N-ethyl adjacent to an activating group) is 1. The maximum atomic E-state index is 12.6. The van der Waals surface area contributed by atoms with Crippen molar-refractivity contribution in [2.24, 2.45) is 0 Å². The van der Waals surface area contributed by atoms with Crippen molar-refractivity contribution in [2.45, 2.75) is 0 Å². The molecule has 0 saturated carbocycles. The van der Waals surface area contributed by atoms with Crippen LogP contribution in [0.5, 0.6) is 0 Å². The second-order valence-corrected chi connectivity index (χ2v) is 4.81. The van der Waals surface area contributed by atoms with Crippen molar-refractivity contribution in [3.8, 4) is 0 Å². The van der Waals surface area contributed by atoms with E-state index in [0.29, 0.717) is 18.1 Å². The topological polar surface area (TPSA) is 62.5 Å². The minimum atomic E-state index is -0.113. The summed E-state index contributed by atoms with van der Waals surface area (Å²) in [6.45, 7) is 1.44. The maximum Gasteiger partial charge on any atom is 0.277 e. The van der Waals surface area contributed by atoms with E-state index >= 15 is 0 Å². The van der Waals surface area contributed by atoms with Crippen LogP contribution in [0, 0.1) is 0 Å². The van der Waals surface area contributed by atoms with Gasteiger partial charge in [0.1, 0.15) is 11.5 Å². The molecule has 1 aromatic heterocycles. The number of nitrogens with two attached hydrogens (primary N) is 1. The highest BCUT2D eigenvalue weighted by atomic mass is 16.2. The van der Waals surface area contributed by atoms with Crippen LogP contribution >= 0.6 is 0 Å². The number of nitrogens with zero attached hydrogens (tertiary/aromatic N) is 3. The van der Waals surface area contributed by atoms with Crippen LogP contribution in [0.2, 0.25) is 0 Å². The molecule has 0 bridgehead atoms. The minimum absolute atomic E-state index is 0.113. The first-order chi connectivity index (χ1) is 9.66. The van der Waals surface area contributed by atoms with Gasteiger partial charge in [0.25, 0.3) is 5.91 Å². The summed E-state index contributed by atoms with van der Waals surface area (Å²) in [4.78, 5) is 20.6. The van der Waals surface area contributed by atoms with Crippen LogP contribution in [0.4, 0.5) is 17.2 Å². The van der Waals surface area contributed by atoms with Crippen molar-refractivity contribution >= 4 is 23.1 Å². The first-order valence-electron chi connectivity index (χ1n) is 6.51. The third kappa shape index (κ3) is 2.07. The van der Waals surface area contributed by atoms with Crippen molar-refractivity contribution in [3.63, 3.8) is 0 Å². The zero-order valence-corrected chi connectivity index (χ0v) is 11.3. The Bertz CT molecular complexity index is 656. The first-order valence-corrected chi connectivity index (χ1v) is 6.51. The number of carbonyl (C=O) groups is 1. The van der Waals surface area contributed by atoms with Gasteiger partial charge in [-0.05, 0) is 24.3 Å². The molecule has 3 rings (SSSR count). The molecular weight excluding hydrogens is 252 g/mol. The quantitative estimate of drug-likeness (QED) is 0.856. The Kier molecular flexibility index (Phi) is 3.02. The molecule has 5 heteroatoms. The molecule has 1 aliphatic heterocycles. The van der Waals surface area contributed by atoms with Crippen LogP contribution in [-0.4, -0.2) is 31.0 Å². The van der Waals surface area contributed by atoms with Gasteiger partial charge in [-0.1, -0.05) is 18.2 Å². The molecule has 2 heterocycles. The molecule has 1 amide bonds. The van der Waals surface area contributed by atoms with E-state index in [1.807, 2.05) is 31.3 Å². The van der Waals surface area contributed by atoms with Crippen LogP contribution in [0.3, 0.4) is 0 Å². The Hall–Kier alpha value is -2.56. The number of aromatic nitrogens is 1. The lowest BCUT2D eigenvalue weighted by atomic mass is 10.1. The second-order valence-electron chi connectivity index (χ2n) is 4.81. The van der Waals surface area contributed by atoms with E-state index in [4.69, 9.17) is 5.73 Å². The first kappa shape index (κ1) is 12.5. The molecule has 2 N–H and O–H groups in total. The Balaban J connectivity index is 1.99. The standard InChI is InChI=1S/C15H16N4O/c1-18-9-10-19(13-7-3-2-6-12(13)18)15(20)11-5-4-8-14(16)17-11/h2-8H,9-10H2,1H3,(H2,16,17). The molecule has 2 aromatic rings. The van der Waals surface area contributed by atoms with Crippen molar-refractivity contribution in [3.05, 3.63) is 48.2 Å². The Morgan fingerprint density at radius 3 is 2.60 bits per heavy atom. The molecule has 102 valence electrons. The normalized spacial score (nSPS) is 14.1. The van der Waals surface area contributed by atoms with Crippen molar-refractivity contribution in [1.29, 1.82) is 0 Å². The third-order valence-corrected chi connectivity index (χ3v) is 3.48. The number of hydrogen-bond acceptors (Lipinski definition) is 4. The summed E-state index contributed by atoms with van der Waals surface area (Å²) in [5, 5.41) is 0. The zero-order valence-electron chi connectivity index (χ0n) is 11.3. The van der Waals surface area contributed by atoms with Gasteiger partial charge < -0.3 is 15.5 Å². The fourth-order valence-electron chi connectivity index (χ4n) is 2.43. The van der Waals surface area contributed by atoms with Crippen LogP contribution in [0.25, 0.3) is 0 Å². The molecule has 1 aliphatic rings. The minimum Gasteiger partial charge on any atom is -0.384 e. The number of anilines is 3. The summed E-state index contributed by atoms with van der Waals surface area (Å²) in [6.07, 6.45) is 0.